The van der Waals surface area contributed by atoms with E-state index in [-0.39, 0.29) is 5.41 Å². The molecule has 1 radical (unpaired) electrons. The molecule has 0 saturated carbocycles. The average molecular weight is 174 g/mol. The lowest BCUT2D eigenvalue weighted by molar-refractivity contribution is -0.00834. The van der Waals surface area contributed by atoms with Crippen LogP contribution in [0.3, 0.4) is 0 Å². The lowest BCUT2D eigenvalue weighted by Crippen LogP contribution is -2.24. The normalized spacial score (nSPS) is 12.5. The van der Waals surface area contributed by atoms with Gasteiger partial charge in [0.15, 0.2) is 0 Å². The summed E-state index contributed by atoms with van der Waals surface area (Å²) >= 11 is 0. The average Bonchev–Trinajstić information content (AvgIpc) is 2.06. The van der Waals surface area contributed by atoms with E-state index in [2.05, 4.69) is 13.8 Å². The SMILES string of the molecule is CO[C](CCC(C)(C)CN)OC. The molecule has 3 nitrogen and oxygen atoms in total. The van der Waals surface area contributed by atoms with E-state index in [1.54, 1.807) is 14.2 Å². The van der Waals surface area contributed by atoms with Crippen molar-refractivity contribution in [2.75, 3.05) is 20.8 Å². The van der Waals surface area contributed by atoms with Crippen LogP contribution in [0, 0.1) is 11.7 Å². The van der Waals surface area contributed by atoms with Crippen molar-refractivity contribution in [1.29, 1.82) is 0 Å². The monoisotopic (exact) mass is 174 g/mol. The van der Waals surface area contributed by atoms with Gasteiger partial charge in [-0.3, -0.25) is 0 Å². The van der Waals surface area contributed by atoms with Gasteiger partial charge in [0, 0.05) is 20.6 Å². The molecule has 0 heterocycles. The minimum Gasteiger partial charge on any atom is -0.349 e. The van der Waals surface area contributed by atoms with Gasteiger partial charge in [-0.25, -0.2) is 0 Å². The summed E-state index contributed by atoms with van der Waals surface area (Å²) in [6.07, 6.45) is 2.48. The maximum absolute atomic E-state index is 5.58. The topological polar surface area (TPSA) is 44.5 Å². The Hall–Kier alpha value is -0.120. The van der Waals surface area contributed by atoms with Crippen molar-refractivity contribution in [1.82, 2.24) is 0 Å². The standard InChI is InChI=1S/C9H20NO2/c1-9(2,7-10)6-5-8(11-3)12-4/h5-7,10H2,1-4H3. The Morgan fingerprint density at radius 3 is 2.08 bits per heavy atom. The minimum atomic E-state index is 0.169. The van der Waals surface area contributed by atoms with Crippen molar-refractivity contribution in [2.45, 2.75) is 26.7 Å². The quantitative estimate of drug-likeness (QED) is 0.664. The van der Waals surface area contributed by atoms with Crippen molar-refractivity contribution in [2.24, 2.45) is 11.1 Å². The molecule has 2 N–H and O–H groups in total. The maximum Gasteiger partial charge on any atom is 0.223 e. The van der Waals surface area contributed by atoms with E-state index in [1.807, 2.05) is 0 Å². The van der Waals surface area contributed by atoms with Gasteiger partial charge in [0.2, 0.25) is 6.29 Å². The van der Waals surface area contributed by atoms with Gasteiger partial charge in [-0.05, 0) is 18.4 Å². The van der Waals surface area contributed by atoms with Crippen LogP contribution in [0.15, 0.2) is 0 Å². The smallest absolute Gasteiger partial charge is 0.223 e. The van der Waals surface area contributed by atoms with Gasteiger partial charge >= 0.3 is 0 Å². The van der Waals surface area contributed by atoms with Crippen LogP contribution in [0.5, 0.6) is 0 Å². The van der Waals surface area contributed by atoms with Gasteiger partial charge in [-0.2, -0.15) is 0 Å². The Balaban J connectivity index is 3.65. The molecular weight excluding hydrogens is 154 g/mol. The molecule has 0 atom stereocenters. The fraction of sp³-hybridized carbons (Fsp3) is 0.889. The summed E-state index contributed by atoms with van der Waals surface area (Å²) in [6.45, 7) is 4.96. The lowest BCUT2D eigenvalue weighted by atomic mass is 9.88. The van der Waals surface area contributed by atoms with E-state index in [9.17, 15) is 0 Å². The molecule has 0 fully saturated rings. The number of hydrogen-bond donors (Lipinski definition) is 1. The van der Waals surface area contributed by atoms with Gasteiger partial charge in [0.1, 0.15) is 0 Å². The van der Waals surface area contributed by atoms with E-state index in [0.29, 0.717) is 12.8 Å². The van der Waals surface area contributed by atoms with Gasteiger partial charge in [0.25, 0.3) is 0 Å². The van der Waals surface area contributed by atoms with Crippen LogP contribution < -0.4 is 5.73 Å². The van der Waals surface area contributed by atoms with Gasteiger partial charge < -0.3 is 15.2 Å². The highest BCUT2D eigenvalue weighted by Gasteiger charge is 2.18. The first kappa shape index (κ1) is 11.9. The molecule has 0 unspecified atom stereocenters. The van der Waals surface area contributed by atoms with E-state index >= 15 is 0 Å². The summed E-state index contributed by atoms with van der Waals surface area (Å²) in [7, 11) is 3.24. The van der Waals surface area contributed by atoms with Crippen LogP contribution in [0.1, 0.15) is 26.7 Å². The highest BCUT2D eigenvalue weighted by Crippen LogP contribution is 2.24. The fourth-order valence-electron chi connectivity index (χ4n) is 0.830. The maximum atomic E-state index is 5.58. The summed E-state index contributed by atoms with van der Waals surface area (Å²) in [4.78, 5) is 0. The first-order valence-corrected chi connectivity index (χ1v) is 4.19. The second-order valence-electron chi connectivity index (χ2n) is 3.65. The molecule has 0 aliphatic rings. The van der Waals surface area contributed by atoms with Crippen molar-refractivity contribution >= 4 is 0 Å². The van der Waals surface area contributed by atoms with Crippen LogP contribution in [-0.4, -0.2) is 20.8 Å². The molecule has 12 heavy (non-hydrogen) atoms. The summed E-state index contributed by atoms with van der Waals surface area (Å²) in [5.74, 6) is 0. The third kappa shape index (κ3) is 4.70. The molecule has 0 spiro atoms. The molecule has 3 heteroatoms. The summed E-state index contributed by atoms with van der Waals surface area (Å²) in [6, 6.07) is 0. The van der Waals surface area contributed by atoms with Crippen LogP contribution in [0.2, 0.25) is 0 Å². The fourth-order valence-corrected chi connectivity index (χ4v) is 0.830. The van der Waals surface area contributed by atoms with Gasteiger partial charge in [-0.15, -0.1) is 0 Å². The molecule has 0 aromatic rings. The highest BCUT2D eigenvalue weighted by atomic mass is 16.7. The Kier molecular flexibility index (Phi) is 5.46. The largest absolute Gasteiger partial charge is 0.349 e. The second kappa shape index (κ2) is 5.51. The number of ether oxygens (including phenoxy) is 2. The van der Waals surface area contributed by atoms with Gasteiger partial charge in [0.05, 0.1) is 0 Å². The molecule has 0 aromatic heterocycles. The Labute approximate surface area is 75.2 Å². The third-order valence-electron chi connectivity index (χ3n) is 2.01. The van der Waals surface area contributed by atoms with E-state index in [0.717, 1.165) is 12.8 Å². The van der Waals surface area contributed by atoms with Crippen molar-refractivity contribution < 1.29 is 9.47 Å². The highest BCUT2D eigenvalue weighted by molar-refractivity contribution is 4.74. The lowest BCUT2D eigenvalue weighted by Gasteiger charge is -2.23. The van der Waals surface area contributed by atoms with Crippen LogP contribution in [0.25, 0.3) is 0 Å². The van der Waals surface area contributed by atoms with Crippen molar-refractivity contribution in [3.8, 4) is 0 Å². The number of hydrogen-bond acceptors (Lipinski definition) is 3. The molecule has 73 valence electrons. The Morgan fingerprint density at radius 2 is 1.75 bits per heavy atom. The number of methoxy groups -OCH3 is 2. The molecule has 0 aliphatic carbocycles. The molecule has 0 rings (SSSR count). The minimum absolute atomic E-state index is 0.169. The first-order valence-electron chi connectivity index (χ1n) is 4.19. The Bertz CT molecular complexity index is 111. The zero-order valence-corrected chi connectivity index (χ0v) is 8.52. The number of nitrogens with two attached hydrogens (primary N) is 1. The predicted octanol–water partition coefficient (Wildman–Crippen LogP) is 1.53. The van der Waals surface area contributed by atoms with Crippen LogP contribution >= 0.6 is 0 Å². The van der Waals surface area contributed by atoms with E-state index < -0.39 is 0 Å². The Morgan fingerprint density at radius 1 is 1.25 bits per heavy atom. The second-order valence-corrected chi connectivity index (χ2v) is 3.65. The third-order valence-corrected chi connectivity index (χ3v) is 2.01. The van der Waals surface area contributed by atoms with Crippen LogP contribution in [0.4, 0.5) is 0 Å². The first-order chi connectivity index (χ1) is 5.55. The summed E-state index contributed by atoms with van der Waals surface area (Å²) < 4.78 is 9.99. The molecular formula is C9H20NO2. The zero-order chi connectivity index (χ0) is 9.61. The van der Waals surface area contributed by atoms with Crippen molar-refractivity contribution in [3.63, 3.8) is 0 Å². The molecule has 0 aliphatic heterocycles. The summed E-state index contributed by atoms with van der Waals surface area (Å²) in [5.41, 5.74) is 5.75. The molecule has 0 amide bonds. The van der Waals surface area contributed by atoms with E-state index in [4.69, 9.17) is 15.2 Å². The zero-order valence-electron chi connectivity index (χ0n) is 8.52. The number of rotatable bonds is 6. The predicted molar refractivity (Wildman–Crippen MR) is 49.3 cm³/mol. The van der Waals surface area contributed by atoms with Crippen molar-refractivity contribution in [3.05, 3.63) is 6.29 Å². The molecule has 0 saturated heterocycles. The van der Waals surface area contributed by atoms with E-state index in [1.165, 1.54) is 0 Å². The summed E-state index contributed by atoms with van der Waals surface area (Å²) in [5, 5.41) is 0. The molecule has 0 bridgehead atoms. The molecule has 0 aromatic carbocycles. The van der Waals surface area contributed by atoms with Crippen LogP contribution in [-0.2, 0) is 9.47 Å². The van der Waals surface area contributed by atoms with Gasteiger partial charge in [-0.1, -0.05) is 13.8 Å².